The van der Waals surface area contributed by atoms with Gasteiger partial charge in [-0.1, -0.05) is 13.0 Å². The molecule has 0 aliphatic carbocycles. The summed E-state index contributed by atoms with van der Waals surface area (Å²) in [5.41, 5.74) is 2.77. The minimum absolute atomic E-state index is 0.0354. The van der Waals surface area contributed by atoms with Gasteiger partial charge in [-0.25, -0.2) is 4.98 Å². The molecule has 1 aromatic carbocycles. The van der Waals surface area contributed by atoms with Gasteiger partial charge in [0.05, 0.1) is 30.1 Å². The number of nitrogens with zero attached hydrogens (tertiary/aromatic N) is 2. The highest BCUT2D eigenvalue weighted by atomic mass is 16.3. The monoisotopic (exact) mass is 263 g/mol. The van der Waals surface area contributed by atoms with Gasteiger partial charge < -0.3 is 20.1 Å². The Morgan fingerprint density at radius 1 is 1.42 bits per heavy atom. The number of imidazole rings is 1. The second-order valence-corrected chi connectivity index (χ2v) is 4.82. The fraction of sp³-hybridized carbons (Fsp3) is 0.500. The highest BCUT2D eigenvalue weighted by Crippen LogP contribution is 2.19. The molecule has 104 valence electrons. The molecule has 0 bridgehead atoms. The van der Waals surface area contributed by atoms with E-state index in [2.05, 4.69) is 10.3 Å². The second-order valence-electron chi connectivity index (χ2n) is 4.82. The van der Waals surface area contributed by atoms with Crippen molar-refractivity contribution in [1.29, 1.82) is 0 Å². The molecule has 0 radical (unpaired) electrons. The summed E-state index contributed by atoms with van der Waals surface area (Å²) < 4.78 is 1.95. The number of hydrogen-bond acceptors (Lipinski definition) is 4. The summed E-state index contributed by atoms with van der Waals surface area (Å²) in [6, 6.07) is 5.82. The molecule has 2 atom stereocenters. The molecule has 5 nitrogen and oxygen atoms in total. The van der Waals surface area contributed by atoms with Gasteiger partial charge in [-0.05, 0) is 24.1 Å². The molecule has 1 aromatic heterocycles. The van der Waals surface area contributed by atoms with Crippen molar-refractivity contribution in [2.24, 2.45) is 7.05 Å². The minimum Gasteiger partial charge on any atom is -0.395 e. The van der Waals surface area contributed by atoms with Crippen LogP contribution in [0.25, 0.3) is 11.0 Å². The van der Waals surface area contributed by atoms with Crippen LogP contribution < -0.4 is 5.32 Å². The highest BCUT2D eigenvalue weighted by Gasteiger charge is 2.12. The third-order valence-electron chi connectivity index (χ3n) is 3.45. The molecular weight excluding hydrogens is 242 g/mol. The van der Waals surface area contributed by atoms with E-state index < -0.39 is 6.10 Å². The normalized spacial score (nSPS) is 14.7. The van der Waals surface area contributed by atoms with Crippen molar-refractivity contribution in [2.45, 2.75) is 25.5 Å². The number of aliphatic hydroxyl groups is 2. The molecule has 2 aromatic rings. The zero-order valence-corrected chi connectivity index (χ0v) is 11.4. The number of rotatable bonds is 6. The van der Waals surface area contributed by atoms with Crippen LogP contribution in [0.15, 0.2) is 24.5 Å². The summed E-state index contributed by atoms with van der Waals surface area (Å²) in [5, 5.41) is 22.4. The Balaban J connectivity index is 2.06. The Bertz CT molecular complexity index is 534. The average Bonchev–Trinajstić information content (AvgIpc) is 2.81. The van der Waals surface area contributed by atoms with Gasteiger partial charge in [0.2, 0.25) is 0 Å². The number of aryl methyl sites for hydroxylation is 1. The van der Waals surface area contributed by atoms with Crippen LogP contribution in [0.2, 0.25) is 0 Å². The molecule has 0 fully saturated rings. The van der Waals surface area contributed by atoms with Crippen molar-refractivity contribution < 1.29 is 10.2 Å². The van der Waals surface area contributed by atoms with Crippen molar-refractivity contribution in [3.05, 3.63) is 30.1 Å². The molecule has 2 unspecified atom stereocenters. The summed E-state index contributed by atoms with van der Waals surface area (Å²) in [6.07, 6.45) is 2.01. The first-order valence-electron chi connectivity index (χ1n) is 6.59. The molecule has 3 N–H and O–H groups in total. The zero-order chi connectivity index (χ0) is 13.8. The van der Waals surface area contributed by atoms with Crippen LogP contribution >= 0.6 is 0 Å². The van der Waals surface area contributed by atoms with Crippen LogP contribution in [0.1, 0.15) is 25.0 Å². The summed E-state index contributed by atoms with van der Waals surface area (Å²) >= 11 is 0. The summed E-state index contributed by atoms with van der Waals surface area (Å²) in [6.45, 7) is 2.51. The Hall–Kier alpha value is -1.43. The van der Waals surface area contributed by atoms with E-state index in [1.807, 2.05) is 36.7 Å². The van der Waals surface area contributed by atoms with Gasteiger partial charge in [-0.15, -0.1) is 0 Å². The maximum atomic E-state index is 10.1. The van der Waals surface area contributed by atoms with Crippen molar-refractivity contribution in [2.75, 3.05) is 13.2 Å². The lowest BCUT2D eigenvalue weighted by molar-refractivity contribution is 0.158. The van der Waals surface area contributed by atoms with E-state index in [1.54, 1.807) is 6.33 Å². The van der Waals surface area contributed by atoms with Gasteiger partial charge >= 0.3 is 0 Å². The maximum Gasteiger partial charge on any atom is 0.0955 e. The van der Waals surface area contributed by atoms with Crippen LogP contribution in [-0.2, 0) is 7.05 Å². The number of hydrogen-bond donors (Lipinski definition) is 3. The number of benzene rings is 1. The Morgan fingerprint density at radius 3 is 2.89 bits per heavy atom. The lowest BCUT2D eigenvalue weighted by Crippen LogP contribution is -2.34. The molecule has 1 heterocycles. The second kappa shape index (κ2) is 6.14. The first kappa shape index (κ1) is 14.0. The number of nitrogens with one attached hydrogen (secondary N) is 1. The van der Waals surface area contributed by atoms with Gasteiger partial charge in [0.1, 0.15) is 0 Å². The summed E-state index contributed by atoms with van der Waals surface area (Å²) in [4.78, 5) is 4.28. The molecule has 0 saturated heterocycles. The minimum atomic E-state index is -0.591. The molecule has 0 aliphatic rings. The maximum absolute atomic E-state index is 10.1. The van der Waals surface area contributed by atoms with Gasteiger partial charge in [0, 0.05) is 19.6 Å². The van der Waals surface area contributed by atoms with E-state index in [0.717, 1.165) is 23.0 Å². The van der Waals surface area contributed by atoms with E-state index in [4.69, 9.17) is 5.11 Å². The molecule has 5 heteroatoms. The highest BCUT2D eigenvalue weighted by molar-refractivity contribution is 5.76. The molecule has 0 amide bonds. The third kappa shape index (κ3) is 3.12. The van der Waals surface area contributed by atoms with E-state index >= 15 is 0 Å². The van der Waals surface area contributed by atoms with E-state index in [1.165, 1.54) is 0 Å². The first-order chi connectivity index (χ1) is 9.15. The largest absolute Gasteiger partial charge is 0.395 e. The molecule has 0 aliphatic heterocycles. The smallest absolute Gasteiger partial charge is 0.0955 e. The van der Waals surface area contributed by atoms with Crippen LogP contribution in [0.3, 0.4) is 0 Å². The fourth-order valence-electron chi connectivity index (χ4n) is 2.09. The quantitative estimate of drug-likeness (QED) is 0.726. The van der Waals surface area contributed by atoms with Gasteiger partial charge in [-0.3, -0.25) is 0 Å². The van der Waals surface area contributed by atoms with Crippen LogP contribution in [0, 0.1) is 0 Å². The number of fused-ring (bicyclic) bond motifs is 1. The average molecular weight is 263 g/mol. The van der Waals surface area contributed by atoms with Crippen LogP contribution in [0.5, 0.6) is 0 Å². The predicted molar refractivity (Wildman–Crippen MR) is 74.8 cm³/mol. The predicted octanol–water partition coefficient (Wildman–Crippen LogP) is 0.967. The van der Waals surface area contributed by atoms with Gasteiger partial charge in [-0.2, -0.15) is 0 Å². The Morgan fingerprint density at radius 2 is 2.21 bits per heavy atom. The summed E-state index contributed by atoms with van der Waals surface area (Å²) in [5.74, 6) is 0. The molecule has 0 spiro atoms. The summed E-state index contributed by atoms with van der Waals surface area (Å²) in [7, 11) is 1.94. The van der Waals surface area contributed by atoms with E-state index in [-0.39, 0.29) is 12.6 Å². The van der Waals surface area contributed by atoms with E-state index in [9.17, 15) is 5.11 Å². The lowest BCUT2D eigenvalue weighted by atomic mass is 10.1. The van der Waals surface area contributed by atoms with Crippen LogP contribution in [0.4, 0.5) is 0 Å². The fourth-order valence-corrected chi connectivity index (χ4v) is 2.09. The molecule has 2 rings (SSSR count). The molecular formula is C14H21N3O2. The first-order valence-corrected chi connectivity index (χ1v) is 6.59. The van der Waals surface area contributed by atoms with Gasteiger partial charge in [0.15, 0.2) is 0 Å². The SMILES string of the molecule is CCC(CO)NCC(O)c1ccc2c(c1)ncn2C. The van der Waals surface area contributed by atoms with Crippen molar-refractivity contribution in [3.63, 3.8) is 0 Å². The van der Waals surface area contributed by atoms with Crippen LogP contribution in [-0.4, -0.2) is 39.0 Å². The van der Waals surface area contributed by atoms with Crippen molar-refractivity contribution in [1.82, 2.24) is 14.9 Å². The van der Waals surface area contributed by atoms with E-state index in [0.29, 0.717) is 6.54 Å². The van der Waals surface area contributed by atoms with Crippen molar-refractivity contribution in [3.8, 4) is 0 Å². The van der Waals surface area contributed by atoms with Crippen molar-refractivity contribution >= 4 is 11.0 Å². The lowest BCUT2D eigenvalue weighted by Gasteiger charge is -2.17. The zero-order valence-electron chi connectivity index (χ0n) is 11.4. The Kier molecular flexibility index (Phi) is 4.52. The third-order valence-corrected chi connectivity index (χ3v) is 3.45. The molecule has 19 heavy (non-hydrogen) atoms. The topological polar surface area (TPSA) is 70.3 Å². The number of aromatic nitrogens is 2. The van der Waals surface area contributed by atoms with Gasteiger partial charge in [0.25, 0.3) is 0 Å². The standard InChI is InChI=1S/C14H21N3O2/c1-3-11(8-18)15-7-14(19)10-4-5-13-12(6-10)16-9-17(13)2/h4-6,9,11,14-15,18-19H,3,7-8H2,1-2H3. The Labute approximate surface area is 112 Å². The molecule has 0 saturated carbocycles. The number of aliphatic hydroxyl groups excluding tert-OH is 2.